The number of benzene rings is 3. The lowest BCUT2D eigenvalue weighted by molar-refractivity contribution is 0.0934. The number of nitrogens with one attached hydrogen (secondary N) is 2. The molecular weight excluding hydrogens is 370 g/mol. The molecule has 0 aliphatic heterocycles. The van der Waals surface area contributed by atoms with E-state index in [9.17, 15) is 4.79 Å². The molecule has 0 radical (unpaired) electrons. The van der Waals surface area contributed by atoms with Gasteiger partial charge < -0.3 is 9.88 Å². The van der Waals surface area contributed by atoms with Gasteiger partial charge in [-0.15, -0.1) is 0 Å². The second kappa shape index (κ2) is 9.08. The molecule has 0 saturated carbocycles. The molecule has 1 aromatic heterocycles. The lowest BCUT2D eigenvalue weighted by Gasteiger charge is -2.28. The Morgan fingerprint density at radius 2 is 1.47 bits per heavy atom. The fourth-order valence-corrected chi connectivity index (χ4v) is 3.91. The number of hydrogen-bond acceptors (Lipinski definition) is 3. The van der Waals surface area contributed by atoms with E-state index >= 15 is 0 Å². The van der Waals surface area contributed by atoms with Crippen LogP contribution in [0.3, 0.4) is 0 Å². The Bertz CT molecular complexity index is 1100. The number of fused-ring (bicyclic) bond motifs is 1. The summed E-state index contributed by atoms with van der Waals surface area (Å²) in [5.41, 5.74) is 3.82. The molecule has 0 bridgehead atoms. The lowest BCUT2D eigenvalue weighted by atomic mass is 9.95. The highest BCUT2D eigenvalue weighted by Crippen LogP contribution is 2.27. The number of aromatic nitrogens is 1. The molecule has 4 heteroatoms. The van der Waals surface area contributed by atoms with E-state index in [0.29, 0.717) is 5.56 Å². The maximum Gasteiger partial charge on any atom is 0.186 e. The van der Waals surface area contributed by atoms with Crippen molar-refractivity contribution in [2.45, 2.75) is 12.1 Å². The highest BCUT2D eigenvalue weighted by Gasteiger charge is 2.27. The second-order valence-electron chi connectivity index (χ2n) is 7.85. The van der Waals surface area contributed by atoms with Crippen LogP contribution in [0.5, 0.6) is 0 Å². The van der Waals surface area contributed by atoms with Gasteiger partial charge in [-0.25, -0.2) is 0 Å². The van der Waals surface area contributed by atoms with Crippen molar-refractivity contribution in [3.63, 3.8) is 0 Å². The minimum absolute atomic E-state index is 0.0144. The van der Waals surface area contributed by atoms with Crippen molar-refractivity contribution in [1.82, 2.24) is 15.2 Å². The molecule has 4 nitrogen and oxygen atoms in total. The highest BCUT2D eigenvalue weighted by molar-refractivity contribution is 6.10. The van der Waals surface area contributed by atoms with Crippen LogP contribution in [-0.2, 0) is 0 Å². The standard InChI is InChI=1S/C26H27N3O/c1-29(2)18-24(19-11-5-3-6-12-19)28-25(20-13-7-4-8-14-20)26(30)22-17-27-23-16-10-9-15-21(22)23/h3-17,24-25,27-28H,18H2,1-2H3/t24-,25+/m0/s1. The molecule has 30 heavy (non-hydrogen) atoms. The molecule has 2 atom stereocenters. The first-order valence-corrected chi connectivity index (χ1v) is 10.2. The highest BCUT2D eigenvalue weighted by atomic mass is 16.1. The average molecular weight is 398 g/mol. The normalized spacial score (nSPS) is 13.4. The number of nitrogens with zero attached hydrogens (tertiary/aromatic N) is 1. The topological polar surface area (TPSA) is 48.1 Å². The molecule has 0 aliphatic carbocycles. The van der Waals surface area contributed by atoms with Crippen molar-refractivity contribution in [2.24, 2.45) is 0 Å². The van der Waals surface area contributed by atoms with Crippen molar-refractivity contribution in [3.05, 3.63) is 108 Å². The van der Waals surface area contributed by atoms with E-state index in [0.717, 1.165) is 23.0 Å². The van der Waals surface area contributed by atoms with E-state index < -0.39 is 6.04 Å². The summed E-state index contributed by atoms with van der Waals surface area (Å²) in [5, 5.41) is 4.62. The van der Waals surface area contributed by atoms with Crippen LogP contribution < -0.4 is 5.32 Å². The van der Waals surface area contributed by atoms with Crippen LogP contribution >= 0.6 is 0 Å². The van der Waals surface area contributed by atoms with Crippen LogP contribution in [0.25, 0.3) is 10.9 Å². The van der Waals surface area contributed by atoms with Crippen molar-refractivity contribution < 1.29 is 4.79 Å². The van der Waals surface area contributed by atoms with Gasteiger partial charge in [0.15, 0.2) is 5.78 Å². The van der Waals surface area contributed by atoms with E-state index in [-0.39, 0.29) is 11.8 Å². The van der Waals surface area contributed by atoms with Crippen LogP contribution in [0.4, 0.5) is 0 Å². The third-order valence-electron chi connectivity index (χ3n) is 5.37. The van der Waals surface area contributed by atoms with Gasteiger partial charge in [0.1, 0.15) is 0 Å². The molecule has 0 spiro atoms. The fraction of sp³-hybridized carbons (Fsp3) is 0.192. The molecule has 0 unspecified atom stereocenters. The van der Waals surface area contributed by atoms with E-state index in [4.69, 9.17) is 0 Å². The Morgan fingerprint density at radius 3 is 2.13 bits per heavy atom. The summed E-state index contributed by atoms with van der Waals surface area (Å²) >= 11 is 0. The van der Waals surface area contributed by atoms with E-state index in [1.807, 2.05) is 79.0 Å². The number of rotatable bonds is 8. The SMILES string of the molecule is CN(C)C[C@H](N[C@@H](C(=O)c1c[nH]c2ccccc12)c1ccccc1)c1ccccc1. The quantitative estimate of drug-likeness (QED) is 0.412. The Balaban J connectivity index is 1.73. The summed E-state index contributed by atoms with van der Waals surface area (Å²) in [6, 6.07) is 27.8. The monoisotopic (exact) mass is 397 g/mol. The summed E-state index contributed by atoms with van der Waals surface area (Å²) in [6.45, 7) is 0.786. The smallest absolute Gasteiger partial charge is 0.186 e. The largest absolute Gasteiger partial charge is 0.360 e. The zero-order chi connectivity index (χ0) is 20.9. The zero-order valence-corrected chi connectivity index (χ0v) is 17.4. The van der Waals surface area contributed by atoms with Gasteiger partial charge in [0.25, 0.3) is 0 Å². The number of ketones is 1. The molecule has 4 rings (SSSR count). The molecule has 152 valence electrons. The molecule has 2 N–H and O–H groups in total. The second-order valence-corrected chi connectivity index (χ2v) is 7.85. The van der Waals surface area contributed by atoms with Gasteiger partial charge in [0.05, 0.1) is 6.04 Å². The third kappa shape index (κ3) is 4.35. The molecular formula is C26H27N3O. The molecule has 0 aliphatic rings. The number of carbonyl (C=O) groups is 1. The van der Waals surface area contributed by atoms with Crippen molar-refractivity contribution in [2.75, 3.05) is 20.6 Å². The van der Waals surface area contributed by atoms with Gasteiger partial charge >= 0.3 is 0 Å². The average Bonchev–Trinajstić information content (AvgIpc) is 3.21. The lowest BCUT2D eigenvalue weighted by Crippen LogP contribution is -2.37. The molecule has 0 saturated heterocycles. The summed E-state index contributed by atoms with van der Waals surface area (Å²) in [5.74, 6) is 0.0679. The van der Waals surface area contributed by atoms with Crippen LogP contribution in [-0.4, -0.2) is 36.3 Å². The predicted octanol–water partition coefficient (Wildman–Crippen LogP) is 4.98. The minimum atomic E-state index is -0.449. The molecule has 3 aromatic carbocycles. The van der Waals surface area contributed by atoms with E-state index in [1.54, 1.807) is 0 Å². The first-order valence-electron chi connectivity index (χ1n) is 10.2. The Hall–Kier alpha value is -3.21. The van der Waals surface area contributed by atoms with Gasteiger partial charge in [-0.3, -0.25) is 10.1 Å². The fourth-order valence-electron chi connectivity index (χ4n) is 3.91. The Morgan fingerprint density at radius 1 is 0.867 bits per heavy atom. The van der Waals surface area contributed by atoms with Crippen LogP contribution in [0, 0.1) is 0 Å². The van der Waals surface area contributed by atoms with Gasteiger partial charge in [-0.2, -0.15) is 0 Å². The summed E-state index contributed by atoms with van der Waals surface area (Å²) in [6.07, 6.45) is 1.83. The number of carbonyl (C=O) groups excluding carboxylic acids is 1. The number of H-pyrrole nitrogens is 1. The van der Waals surface area contributed by atoms with Gasteiger partial charge in [-0.05, 0) is 31.3 Å². The molecule has 0 fully saturated rings. The van der Waals surface area contributed by atoms with Crippen molar-refractivity contribution in [1.29, 1.82) is 0 Å². The summed E-state index contributed by atoms with van der Waals surface area (Å²) in [7, 11) is 4.10. The number of aromatic amines is 1. The zero-order valence-electron chi connectivity index (χ0n) is 17.4. The molecule has 1 heterocycles. The van der Waals surface area contributed by atoms with Gasteiger partial charge in [0, 0.05) is 35.2 Å². The third-order valence-corrected chi connectivity index (χ3v) is 5.37. The number of Topliss-reactive ketones (excluding diaryl/α,β-unsaturated/α-hetero) is 1. The predicted molar refractivity (Wildman–Crippen MR) is 123 cm³/mol. The first-order chi connectivity index (χ1) is 14.6. The minimum Gasteiger partial charge on any atom is -0.360 e. The van der Waals surface area contributed by atoms with Gasteiger partial charge in [-0.1, -0.05) is 78.9 Å². The van der Waals surface area contributed by atoms with E-state index in [1.165, 1.54) is 5.56 Å². The summed E-state index contributed by atoms with van der Waals surface area (Å²) < 4.78 is 0. The maximum absolute atomic E-state index is 13.8. The van der Waals surface area contributed by atoms with Crippen LogP contribution in [0.2, 0.25) is 0 Å². The van der Waals surface area contributed by atoms with Crippen LogP contribution in [0.1, 0.15) is 33.6 Å². The number of likely N-dealkylation sites (N-methyl/N-ethyl adjacent to an activating group) is 1. The molecule has 4 aromatic rings. The summed E-state index contributed by atoms with van der Waals surface area (Å²) in [4.78, 5) is 19.2. The maximum atomic E-state index is 13.8. The van der Waals surface area contributed by atoms with Gasteiger partial charge in [0.2, 0.25) is 0 Å². The first kappa shape index (κ1) is 20.1. The Labute approximate surface area is 177 Å². The van der Waals surface area contributed by atoms with Crippen molar-refractivity contribution in [3.8, 4) is 0 Å². The van der Waals surface area contributed by atoms with Crippen molar-refractivity contribution >= 4 is 16.7 Å². The van der Waals surface area contributed by atoms with Crippen LogP contribution in [0.15, 0.2) is 91.1 Å². The Kier molecular flexibility index (Phi) is 6.07. The number of hydrogen-bond donors (Lipinski definition) is 2. The molecule has 0 amide bonds. The number of para-hydroxylation sites is 1. The van der Waals surface area contributed by atoms with E-state index in [2.05, 4.69) is 41.4 Å².